The number of imide groups is 1. The molecule has 2 aromatic heterocycles. The van der Waals surface area contributed by atoms with Gasteiger partial charge in [-0.2, -0.15) is 0 Å². The zero-order valence-electron chi connectivity index (χ0n) is 14.9. The lowest BCUT2D eigenvalue weighted by atomic mass is 10.1. The van der Waals surface area contributed by atoms with Gasteiger partial charge in [-0.1, -0.05) is 31.9 Å². The van der Waals surface area contributed by atoms with Crippen LogP contribution in [0, 0.1) is 0 Å². The minimum absolute atomic E-state index is 0. The first-order chi connectivity index (χ1) is 12.2. The van der Waals surface area contributed by atoms with Gasteiger partial charge in [0, 0.05) is 24.6 Å². The summed E-state index contributed by atoms with van der Waals surface area (Å²) in [4.78, 5) is 30.5. The number of fused-ring (bicyclic) bond motifs is 1. The third kappa shape index (κ3) is 4.68. The molecule has 3 heterocycles. The SMILES string of the molecule is CCC/C=C1/SC(=O)N(CCCCCc2cccc3nccn23)C1=O.Cl. The monoisotopic (exact) mass is 393 g/mol. The number of allylic oxidation sites excluding steroid dienone is 1. The molecule has 7 heteroatoms. The first-order valence-electron chi connectivity index (χ1n) is 8.85. The van der Waals surface area contributed by atoms with Crippen LogP contribution in [0.15, 0.2) is 41.6 Å². The number of aromatic nitrogens is 2. The smallest absolute Gasteiger partial charge is 0.293 e. The van der Waals surface area contributed by atoms with Crippen LogP contribution in [0.4, 0.5) is 4.79 Å². The van der Waals surface area contributed by atoms with Gasteiger partial charge in [-0.05, 0) is 49.6 Å². The predicted octanol–water partition coefficient (Wildman–Crippen LogP) is 4.85. The van der Waals surface area contributed by atoms with E-state index < -0.39 is 0 Å². The summed E-state index contributed by atoms with van der Waals surface area (Å²) in [5.41, 5.74) is 2.21. The van der Waals surface area contributed by atoms with Crippen molar-refractivity contribution in [2.24, 2.45) is 0 Å². The summed E-state index contributed by atoms with van der Waals surface area (Å²) in [6.07, 6.45) is 11.3. The fraction of sp³-hybridized carbons (Fsp3) is 0.421. The summed E-state index contributed by atoms with van der Waals surface area (Å²) in [5.74, 6) is -0.119. The average Bonchev–Trinajstić information content (AvgIpc) is 3.19. The van der Waals surface area contributed by atoms with Crippen LogP contribution < -0.4 is 0 Å². The highest BCUT2D eigenvalue weighted by molar-refractivity contribution is 8.18. The van der Waals surface area contributed by atoms with Crippen molar-refractivity contribution in [3.63, 3.8) is 0 Å². The van der Waals surface area contributed by atoms with Crippen LogP contribution in [-0.2, 0) is 11.2 Å². The van der Waals surface area contributed by atoms with Gasteiger partial charge < -0.3 is 4.40 Å². The van der Waals surface area contributed by atoms with E-state index in [4.69, 9.17) is 0 Å². The topological polar surface area (TPSA) is 54.7 Å². The number of halogens is 1. The summed E-state index contributed by atoms with van der Waals surface area (Å²) in [6, 6.07) is 6.14. The molecule has 0 spiro atoms. The molecule has 1 aliphatic rings. The number of imidazole rings is 1. The highest BCUT2D eigenvalue weighted by atomic mass is 35.5. The van der Waals surface area contributed by atoms with Gasteiger partial charge in [-0.15, -0.1) is 12.4 Å². The fourth-order valence-electron chi connectivity index (χ4n) is 2.97. The molecular weight excluding hydrogens is 370 g/mol. The van der Waals surface area contributed by atoms with Crippen molar-refractivity contribution in [2.45, 2.75) is 45.4 Å². The van der Waals surface area contributed by atoms with E-state index in [2.05, 4.69) is 22.4 Å². The molecule has 3 rings (SSSR count). The van der Waals surface area contributed by atoms with Crippen molar-refractivity contribution in [3.8, 4) is 0 Å². The second-order valence-corrected chi connectivity index (χ2v) is 7.16. The van der Waals surface area contributed by atoms with E-state index in [9.17, 15) is 9.59 Å². The standard InChI is InChI=1S/C19H23N3O2S.ClH/c1-2-3-10-16-18(23)22(19(24)25-16)13-6-4-5-8-15-9-7-11-17-20-12-14-21(15)17;/h7,9-12,14H,2-6,8,13H2,1H3;1H/b16-10+;. The quantitative estimate of drug-likeness (QED) is 0.475. The summed E-state index contributed by atoms with van der Waals surface area (Å²) in [5, 5.41) is -0.129. The number of hydrogen-bond acceptors (Lipinski definition) is 4. The molecule has 140 valence electrons. The number of rotatable bonds is 8. The van der Waals surface area contributed by atoms with Gasteiger partial charge in [0.15, 0.2) is 0 Å². The number of pyridine rings is 1. The lowest BCUT2D eigenvalue weighted by molar-refractivity contribution is -0.122. The van der Waals surface area contributed by atoms with E-state index in [1.807, 2.05) is 30.6 Å². The number of hydrogen-bond donors (Lipinski definition) is 0. The van der Waals surface area contributed by atoms with Gasteiger partial charge in [0.25, 0.3) is 11.1 Å². The molecule has 0 radical (unpaired) electrons. The van der Waals surface area contributed by atoms with E-state index >= 15 is 0 Å². The Morgan fingerprint density at radius 3 is 2.85 bits per heavy atom. The Balaban J connectivity index is 0.00000243. The Morgan fingerprint density at radius 2 is 2.04 bits per heavy atom. The van der Waals surface area contributed by atoms with Gasteiger partial charge in [0.05, 0.1) is 4.91 Å². The molecule has 2 aromatic rings. The number of carbonyl (C=O) groups is 2. The number of amides is 2. The van der Waals surface area contributed by atoms with Crippen molar-refractivity contribution in [3.05, 3.63) is 47.3 Å². The van der Waals surface area contributed by atoms with Gasteiger partial charge >= 0.3 is 0 Å². The Labute approximate surface area is 164 Å². The summed E-state index contributed by atoms with van der Waals surface area (Å²) < 4.78 is 2.11. The van der Waals surface area contributed by atoms with Crippen LogP contribution in [0.3, 0.4) is 0 Å². The van der Waals surface area contributed by atoms with Crippen molar-refractivity contribution >= 4 is 41.0 Å². The van der Waals surface area contributed by atoms with E-state index in [1.54, 1.807) is 0 Å². The zero-order chi connectivity index (χ0) is 17.6. The highest BCUT2D eigenvalue weighted by Gasteiger charge is 2.34. The Kier molecular flexibility index (Phi) is 7.72. The van der Waals surface area contributed by atoms with Crippen LogP contribution in [0.5, 0.6) is 0 Å². The zero-order valence-corrected chi connectivity index (χ0v) is 16.5. The molecule has 0 aromatic carbocycles. The van der Waals surface area contributed by atoms with Crippen molar-refractivity contribution < 1.29 is 9.59 Å². The highest BCUT2D eigenvalue weighted by Crippen LogP contribution is 2.31. The number of thioether (sulfide) groups is 1. The van der Waals surface area contributed by atoms with Crippen LogP contribution in [0.25, 0.3) is 5.65 Å². The molecule has 2 amide bonds. The lowest BCUT2D eigenvalue weighted by Crippen LogP contribution is -2.29. The third-order valence-electron chi connectivity index (χ3n) is 4.32. The normalized spacial score (nSPS) is 15.9. The van der Waals surface area contributed by atoms with E-state index in [-0.39, 0.29) is 23.6 Å². The van der Waals surface area contributed by atoms with Gasteiger partial charge in [0.1, 0.15) is 5.65 Å². The molecule has 5 nitrogen and oxygen atoms in total. The second-order valence-electron chi connectivity index (χ2n) is 6.17. The van der Waals surface area contributed by atoms with Crippen molar-refractivity contribution in [1.82, 2.24) is 14.3 Å². The molecule has 1 fully saturated rings. The van der Waals surface area contributed by atoms with Gasteiger partial charge in [-0.3, -0.25) is 14.5 Å². The number of nitrogens with zero attached hydrogens (tertiary/aromatic N) is 3. The first kappa shape index (κ1) is 20.5. The number of unbranched alkanes of at least 4 members (excludes halogenated alkanes) is 3. The molecular formula is C19H24ClN3O2S. The van der Waals surface area contributed by atoms with Crippen LogP contribution in [-0.4, -0.2) is 32.0 Å². The second kappa shape index (κ2) is 9.78. The maximum Gasteiger partial charge on any atom is 0.293 e. The third-order valence-corrected chi connectivity index (χ3v) is 5.28. The number of carbonyl (C=O) groups excluding carboxylic acids is 2. The largest absolute Gasteiger partial charge is 0.304 e. The fourth-order valence-corrected chi connectivity index (χ4v) is 3.84. The minimum Gasteiger partial charge on any atom is -0.304 e. The lowest BCUT2D eigenvalue weighted by Gasteiger charge is -2.12. The van der Waals surface area contributed by atoms with Gasteiger partial charge in [0.2, 0.25) is 0 Å². The van der Waals surface area contributed by atoms with Crippen LogP contribution in [0.2, 0.25) is 0 Å². The molecule has 1 saturated heterocycles. The average molecular weight is 394 g/mol. The molecule has 0 aliphatic carbocycles. The van der Waals surface area contributed by atoms with Crippen LogP contribution >= 0.6 is 24.2 Å². The Bertz CT molecular complexity index is 803. The Morgan fingerprint density at radius 1 is 1.19 bits per heavy atom. The maximum absolute atomic E-state index is 12.2. The summed E-state index contributed by atoms with van der Waals surface area (Å²) >= 11 is 1.07. The molecule has 0 N–H and O–H groups in total. The molecule has 1 aliphatic heterocycles. The van der Waals surface area contributed by atoms with Gasteiger partial charge in [-0.25, -0.2) is 4.98 Å². The Hall–Kier alpha value is -1.79. The van der Waals surface area contributed by atoms with Crippen molar-refractivity contribution in [2.75, 3.05) is 6.54 Å². The molecule has 0 bridgehead atoms. The summed E-state index contributed by atoms with van der Waals surface area (Å²) in [6.45, 7) is 2.58. The summed E-state index contributed by atoms with van der Waals surface area (Å²) in [7, 11) is 0. The molecule has 0 atom stereocenters. The predicted molar refractivity (Wildman–Crippen MR) is 108 cm³/mol. The minimum atomic E-state index is -0.129. The number of aryl methyl sites for hydroxylation is 1. The molecule has 0 saturated carbocycles. The molecule has 0 unspecified atom stereocenters. The first-order valence-corrected chi connectivity index (χ1v) is 9.67. The maximum atomic E-state index is 12.2. The van der Waals surface area contributed by atoms with Crippen molar-refractivity contribution in [1.29, 1.82) is 0 Å². The van der Waals surface area contributed by atoms with E-state index in [1.165, 1.54) is 10.6 Å². The molecule has 26 heavy (non-hydrogen) atoms. The van der Waals surface area contributed by atoms with Crippen LogP contribution in [0.1, 0.15) is 44.7 Å². The van der Waals surface area contributed by atoms with E-state index in [0.717, 1.165) is 55.9 Å². The van der Waals surface area contributed by atoms with E-state index in [0.29, 0.717) is 11.4 Å².